The van der Waals surface area contributed by atoms with Gasteiger partial charge in [-0.2, -0.15) is 0 Å². The van der Waals surface area contributed by atoms with Crippen LogP contribution in [0, 0.1) is 5.82 Å². The Bertz CT molecular complexity index is 604. The number of amides is 2. The molecule has 0 aliphatic heterocycles. The van der Waals surface area contributed by atoms with Crippen LogP contribution >= 0.6 is 27.5 Å². The normalized spacial score (nSPS) is 10.1. The predicted molar refractivity (Wildman–Crippen MR) is 78.2 cm³/mol. The van der Waals surface area contributed by atoms with Crippen molar-refractivity contribution in [2.75, 3.05) is 10.6 Å². The van der Waals surface area contributed by atoms with Gasteiger partial charge in [0, 0.05) is 15.8 Å². The van der Waals surface area contributed by atoms with Gasteiger partial charge in [0.15, 0.2) is 0 Å². The van der Waals surface area contributed by atoms with Crippen LogP contribution in [0.1, 0.15) is 0 Å². The van der Waals surface area contributed by atoms with Crippen molar-refractivity contribution in [1.29, 1.82) is 0 Å². The van der Waals surface area contributed by atoms with E-state index in [1.54, 1.807) is 18.2 Å². The van der Waals surface area contributed by atoms with Crippen LogP contribution in [0.25, 0.3) is 0 Å². The molecule has 2 N–H and O–H groups in total. The quantitative estimate of drug-likeness (QED) is 0.801. The lowest BCUT2D eigenvalue weighted by molar-refractivity contribution is 0.262. The van der Waals surface area contributed by atoms with Crippen LogP contribution in [-0.2, 0) is 0 Å². The maximum absolute atomic E-state index is 12.7. The summed E-state index contributed by atoms with van der Waals surface area (Å²) >= 11 is 9.12. The highest BCUT2D eigenvalue weighted by Gasteiger charge is 2.04. The number of halogens is 3. The average Bonchev–Trinajstić information content (AvgIpc) is 2.37. The first-order valence-corrected chi connectivity index (χ1v) is 6.50. The summed E-state index contributed by atoms with van der Waals surface area (Å²) in [4.78, 5) is 11.7. The molecule has 98 valence electrons. The lowest BCUT2D eigenvalue weighted by Crippen LogP contribution is -2.19. The Kier molecular flexibility index (Phi) is 4.39. The number of nitrogens with one attached hydrogen (secondary N) is 2. The van der Waals surface area contributed by atoms with Gasteiger partial charge in [0.25, 0.3) is 0 Å². The first-order chi connectivity index (χ1) is 9.04. The van der Waals surface area contributed by atoms with Gasteiger partial charge < -0.3 is 10.6 Å². The van der Waals surface area contributed by atoms with E-state index in [0.29, 0.717) is 20.9 Å². The molecule has 2 rings (SSSR count). The zero-order chi connectivity index (χ0) is 13.8. The van der Waals surface area contributed by atoms with Crippen molar-refractivity contribution in [1.82, 2.24) is 0 Å². The summed E-state index contributed by atoms with van der Waals surface area (Å²) in [6, 6.07) is 10.1. The molecule has 0 spiro atoms. The molecule has 0 radical (unpaired) electrons. The van der Waals surface area contributed by atoms with Crippen LogP contribution in [0.3, 0.4) is 0 Å². The van der Waals surface area contributed by atoms with Crippen molar-refractivity contribution in [3.05, 3.63) is 57.8 Å². The maximum atomic E-state index is 12.7. The molecule has 0 aliphatic rings. The molecule has 2 amide bonds. The van der Waals surface area contributed by atoms with Gasteiger partial charge in [0.2, 0.25) is 0 Å². The molecule has 0 saturated carbocycles. The van der Waals surface area contributed by atoms with Gasteiger partial charge in [0.05, 0.1) is 5.02 Å². The minimum Gasteiger partial charge on any atom is -0.308 e. The van der Waals surface area contributed by atoms with Crippen molar-refractivity contribution in [2.45, 2.75) is 0 Å². The van der Waals surface area contributed by atoms with Gasteiger partial charge in [-0.15, -0.1) is 0 Å². The average molecular weight is 344 g/mol. The minimum absolute atomic E-state index is 0.354. The van der Waals surface area contributed by atoms with Crippen LogP contribution in [0.5, 0.6) is 0 Å². The lowest BCUT2D eigenvalue weighted by atomic mass is 10.3. The highest BCUT2D eigenvalue weighted by Crippen LogP contribution is 2.25. The fourth-order valence-electron chi connectivity index (χ4n) is 1.40. The topological polar surface area (TPSA) is 41.1 Å². The molecule has 0 unspecified atom stereocenters. The summed E-state index contributed by atoms with van der Waals surface area (Å²) in [5.41, 5.74) is 1.10. The molecule has 0 bridgehead atoms. The molecule has 0 saturated heterocycles. The molecule has 19 heavy (non-hydrogen) atoms. The largest absolute Gasteiger partial charge is 0.323 e. The lowest BCUT2D eigenvalue weighted by Gasteiger charge is -2.08. The Morgan fingerprint density at radius 2 is 1.63 bits per heavy atom. The monoisotopic (exact) mass is 342 g/mol. The molecule has 6 heteroatoms. The number of hydrogen-bond acceptors (Lipinski definition) is 1. The second-order valence-electron chi connectivity index (χ2n) is 3.71. The molecular weight excluding hydrogens is 335 g/mol. The summed E-state index contributed by atoms with van der Waals surface area (Å²) in [5, 5.41) is 5.79. The van der Waals surface area contributed by atoms with Gasteiger partial charge in [-0.25, -0.2) is 9.18 Å². The van der Waals surface area contributed by atoms with Crippen molar-refractivity contribution in [3.63, 3.8) is 0 Å². The standard InChI is InChI=1S/C13H9BrClFN2O/c14-11-7-10(5-6-12(11)15)18-13(19)17-9-3-1-8(16)2-4-9/h1-7H,(H2,17,18,19). The Morgan fingerprint density at radius 3 is 2.26 bits per heavy atom. The molecule has 2 aromatic carbocycles. The molecular formula is C13H9BrClFN2O. The third-order valence-corrected chi connectivity index (χ3v) is 3.49. The Morgan fingerprint density at radius 1 is 1.05 bits per heavy atom. The molecule has 0 fully saturated rings. The zero-order valence-electron chi connectivity index (χ0n) is 9.58. The van der Waals surface area contributed by atoms with Crippen LogP contribution in [0.2, 0.25) is 5.02 Å². The summed E-state index contributed by atoms with van der Waals surface area (Å²) in [7, 11) is 0. The SMILES string of the molecule is O=C(Nc1ccc(F)cc1)Nc1ccc(Cl)c(Br)c1. The van der Waals surface area contributed by atoms with Gasteiger partial charge in [-0.1, -0.05) is 11.6 Å². The van der Waals surface area contributed by atoms with Crippen molar-refractivity contribution in [2.24, 2.45) is 0 Å². The fourth-order valence-corrected chi connectivity index (χ4v) is 1.90. The zero-order valence-corrected chi connectivity index (χ0v) is 11.9. The second-order valence-corrected chi connectivity index (χ2v) is 4.98. The van der Waals surface area contributed by atoms with Gasteiger partial charge in [-0.3, -0.25) is 0 Å². The van der Waals surface area contributed by atoms with E-state index in [2.05, 4.69) is 26.6 Å². The number of anilines is 2. The number of benzene rings is 2. The molecule has 2 aromatic rings. The Balaban J connectivity index is 2.01. The molecule has 0 atom stereocenters. The van der Waals surface area contributed by atoms with Gasteiger partial charge in [-0.05, 0) is 58.4 Å². The maximum Gasteiger partial charge on any atom is 0.323 e. The second kappa shape index (κ2) is 6.04. The van der Waals surface area contributed by atoms with Gasteiger partial charge >= 0.3 is 6.03 Å². The Hall–Kier alpha value is -1.59. The van der Waals surface area contributed by atoms with Crippen molar-refractivity contribution in [3.8, 4) is 0 Å². The highest BCUT2D eigenvalue weighted by atomic mass is 79.9. The van der Waals surface area contributed by atoms with E-state index in [-0.39, 0.29) is 5.82 Å². The molecule has 3 nitrogen and oxygen atoms in total. The number of urea groups is 1. The van der Waals surface area contributed by atoms with E-state index in [9.17, 15) is 9.18 Å². The van der Waals surface area contributed by atoms with E-state index in [1.165, 1.54) is 24.3 Å². The summed E-state index contributed by atoms with van der Waals surface area (Å²) in [6.07, 6.45) is 0. The number of rotatable bonds is 2. The molecule has 0 heterocycles. The molecule has 0 aliphatic carbocycles. The van der Waals surface area contributed by atoms with Crippen LogP contribution in [0.15, 0.2) is 46.9 Å². The fraction of sp³-hybridized carbons (Fsp3) is 0. The number of hydrogen-bond donors (Lipinski definition) is 2. The van der Waals surface area contributed by atoms with Crippen LogP contribution < -0.4 is 10.6 Å². The smallest absolute Gasteiger partial charge is 0.308 e. The summed E-state index contributed by atoms with van der Waals surface area (Å²) in [6.45, 7) is 0. The summed E-state index contributed by atoms with van der Waals surface area (Å²) < 4.78 is 13.4. The van der Waals surface area contributed by atoms with E-state index < -0.39 is 6.03 Å². The van der Waals surface area contributed by atoms with Crippen molar-refractivity contribution < 1.29 is 9.18 Å². The van der Waals surface area contributed by atoms with E-state index in [4.69, 9.17) is 11.6 Å². The van der Waals surface area contributed by atoms with Crippen LogP contribution in [-0.4, -0.2) is 6.03 Å². The third kappa shape index (κ3) is 3.94. The molecule has 0 aromatic heterocycles. The predicted octanol–water partition coefficient (Wildman–Crippen LogP) is 4.89. The first-order valence-electron chi connectivity index (χ1n) is 5.33. The van der Waals surface area contributed by atoms with E-state index in [1.807, 2.05) is 0 Å². The van der Waals surface area contributed by atoms with E-state index >= 15 is 0 Å². The van der Waals surface area contributed by atoms with E-state index in [0.717, 1.165) is 0 Å². The summed E-state index contributed by atoms with van der Waals surface area (Å²) in [5.74, 6) is -0.354. The van der Waals surface area contributed by atoms with Crippen LogP contribution in [0.4, 0.5) is 20.6 Å². The Labute approximate surface area is 122 Å². The third-order valence-electron chi connectivity index (χ3n) is 2.28. The van der Waals surface area contributed by atoms with Crippen molar-refractivity contribution >= 4 is 44.9 Å². The first kappa shape index (κ1) is 13.8. The minimum atomic E-state index is -0.416. The number of carbonyl (C=O) groups is 1. The van der Waals surface area contributed by atoms with Gasteiger partial charge in [0.1, 0.15) is 5.82 Å². The highest BCUT2D eigenvalue weighted by molar-refractivity contribution is 9.10. The number of carbonyl (C=O) groups excluding carboxylic acids is 1.